The van der Waals surface area contributed by atoms with Crippen LogP contribution in [0.25, 0.3) is 11.3 Å². The number of rotatable bonds is 6. The van der Waals surface area contributed by atoms with Gasteiger partial charge in [-0.05, 0) is 36.6 Å². The monoisotopic (exact) mass is 463 g/mol. The maximum atomic E-state index is 12.7. The minimum Gasteiger partial charge on any atom is -0.465 e. The molecule has 0 fully saturated rings. The summed E-state index contributed by atoms with van der Waals surface area (Å²) in [4.78, 5) is 48.1. The summed E-state index contributed by atoms with van der Waals surface area (Å²) in [7, 11) is 2.52. The Hall–Kier alpha value is -4.47. The van der Waals surface area contributed by atoms with Crippen molar-refractivity contribution in [2.75, 3.05) is 19.5 Å². The quantitative estimate of drug-likeness (QED) is 0.334. The molecule has 10 nitrogen and oxygen atoms in total. The van der Waals surface area contributed by atoms with Crippen molar-refractivity contribution >= 4 is 29.2 Å². The van der Waals surface area contributed by atoms with Crippen LogP contribution in [0.4, 0.5) is 11.4 Å². The molecule has 0 unspecified atom stereocenters. The van der Waals surface area contributed by atoms with E-state index in [4.69, 9.17) is 9.47 Å². The highest BCUT2D eigenvalue weighted by atomic mass is 16.6. The smallest absolute Gasteiger partial charge is 0.340 e. The van der Waals surface area contributed by atoms with Crippen LogP contribution in [0, 0.1) is 10.1 Å². The Bertz CT molecular complexity index is 1310. The van der Waals surface area contributed by atoms with Crippen molar-refractivity contribution < 1.29 is 28.8 Å². The fraction of sp³-hybridized carbons (Fsp3) is 0.208. The number of nitrogens with one attached hydrogen (secondary N) is 1. The van der Waals surface area contributed by atoms with Gasteiger partial charge in [-0.15, -0.1) is 0 Å². The molecule has 1 aliphatic rings. The summed E-state index contributed by atoms with van der Waals surface area (Å²) in [5.41, 5.74) is 2.73. The molecular formula is C24H21N3O7. The van der Waals surface area contributed by atoms with Crippen LogP contribution in [0.1, 0.15) is 43.2 Å². The summed E-state index contributed by atoms with van der Waals surface area (Å²) in [5, 5.41) is 13.7. The van der Waals surface area contributed by atoms with E-state index < -0.39 is 22.8 Å². The van der Waals surface area contributed by atoms with Gasteiger partial charge in [-0.1, -0.05) is 18.2 Å². The van der Waals surface area contributed by atoms with Gasteiger partial charge in [0.1, 0.15) is 5.56 Å². The molecule has 1 aliphatic heterocycles. The number of nitro benzene ring substituents is 1. The molecule has 174 valence electrons. The third-order valence-electron chi connectivity index (χ3n) is 5.68. The molecule has 2 aromatic carbocycles. The van der Waals surface area contributed by atoms with E-state index in [9.17, 15) is 24.5 Å². The van der Waals surface area contributed by atoms with Gasteiger partial charge < -0.3 is 19.4 Å². The molecule has 4 rings (SSSR count). The topological polar surface area (TPSA) is 130 Å². The van der Waals surface area contributed by atoms with Crippen LogP contribution in [-0.4, -0.2) is 41.6 Å². The minimum atomic E-state index is -0.639. The fourth-order valence-electron chi connectivity index (χ4n) is 4.18. The van der Waals surface area contributed by atoms with E-state index in [1.807, 2.05) is 4.57 Å². The summed E-state index contributed by atoms with van der Waals surface area (Å²) >= 11 is 0. The Balaban J connectivity index is 1.68. The molecule has 0 bridgehead atoms. The van der Waals surface area contributed by atoms with E-state index in [2.05, 4.69) is 5.32 Å². The van der Waals surface area contributed by atoms with Gasteiger partial charge in [-0.3, -0.25) is 14.9 Å². The van der Waals surface area contributed by atoms with Crippen molar-refractivity contribution in [3.63, 3.8) is 0 Å². The number of fused-ring (bicyclic) bond motifs is 1. The molecule has 34 heavy (non-hydrogen) atoms. The first-order valence-corrected chi connectivity index (χ1v) is 10.4. The van der Waals surface area contributed by atoms with Crippen molar-refractivity contribution in [3.05, 3.63) is 81.0 Å². The molecule has 0 saturated heterocycles. The molecule has 0 saturated carbocycles. The van der Waals surface area contributed by atoms with Crippen LogP contribution in [0.3, 0.4) is 0 Å². The minimum absolute atomic E-state index is 0.150. The predicted molar refractivity (Wildman–Crippen MR) is 122 cm³/mol. The van der Waals surface area contributed by atoms with Crippen molar-refractivity contribution in [1.82, 2.24) is 4.57 Å². The lowest BCUT2D eigenvalue weighted by molar-refractivity contribution is -0.384. The van der Waals surface area contributed by atoms with Gasteiger partial charge in [0, 0.05) is 35.6 Å². The van der Waals surface area contributed by atoms with E-state index in [0.717, 1.165) is 12.1 Å². The number of anilines is 1. The van der Waals surface area contributed by atoms with Crippen LogP contribution in [0.15, 0.2) is 48.5 Å². The Morgan fingerprint density at radius 2 is 1.68 bits per heavy atom. The van der Waals surface area contributed by atoms with Crippen molar-refractivity contribution in [3.8, 4) is 11.3 Å². The molecule has 0 aliphatic carbocycles. The maximum Gasteiger partial charge on any atom is 0.340 e. The maximum absolute atomic E-state index is 12.7. The number of ether oxygens (including phenoxy) is 2. The molecular weight excluding hydrogens is 442 g/mol. The summed E-state index contributed by atoms with van der Waals surface area (Å²) in [6, 6.07) is 12.2. The van der Waals surface area contributed by atoms with E-state index >= 15 is 0 Å². The van der Waals surface area contributed by atoms with Gasteiger partial charge >= 0.3 is 11.9 Å². The number of carbonyl (C=O) groups excluding carboxylic acids is 3. The van der Waals surface area contributed by atoms with E-state index in [1.165, 1.54) is 38.5 Å². The van der Waals surface area contributed by atoms with Gasteiger partial charge in [0.2, 0.25) is 0 Å². The van der Waals surface area contributed by atoms with Crippen LogP contribution < -0.4 is 5.32 Å². The summed E-state index contributed by atoms with van der Waals surface area (Å²) in [5.74, 6) is -1.73. The first kappa shape index (κ1) is 22.7. The number of aromatic nitrogens is 1. The zero-order valence-electron chi connectivity index (χ0n) is 18.5. The second kappa shape index (κ2) is 9.18. The predicted octanol–water partition coefficient (Wildman–Crippen LogP) is 3.84. The van der Waals surface area contributed by atoms with E-state index in [-0.39, 0.29) is 22.4 Å². The fourth-order valence-corrected chi connectivity index (χ4v) is 4.18. The van der Waals surface area contributed by atoms with Crippen LogP contribution in [-0.2, 0) is 22.4 Å². The number of nitrogens with zero attached hydrogens (tertiary/aromatic N) is 2. The number of esters is 2. The molecule has 0 radical (unpaired) electrons. The number of methoxy groups -OCH3 is 2. The normalized spacial score (nSPS) is 12.1. The summed E-state index contributed by atoms with van der Waals surface area (Å²) in [6.45, 7) is 0.636. The summed E-state index contributed by atoms with van der Waals surface area (Å²) < 4.78 is 11.8. The molecule has 1 amide bonds. The van der Waals surface area contributed by atoms with Crippen molar-refractivity contribution in [2.24, 2.45) is 0 Å². The number of amides is 1. The number of carbonyl (C=O) groups is 3. The molecule has 1 aromatic heterocycles. The lowest BCUT2D eigenvalue weighted by Gasteiger charge is -2.11. The van der Waals surface area contributed by atoms with Gasteiger partial charge in [0.05, 0.1) is 30.4 Å². The number of nitro groups is 1. The highest BCUT2D eigenvalue weighted by Gasteiger charge is 2.34. The van der Waals surface area contributed by atoms with Crippen LogP contribution in [0.5, 0.6) is 0 Å². The van der Waals surface area contributed by atoms with Crippen LogP contribution in [0.2, 0.25) is 0 Å². The zero-order valence-corrected chi connectivity index (χ0v) is 18.5. The average Bonchev–Trinajstić information content (AvgIpc) is 3.44. The van der Waals surface area contributed by atoms with Gasteiger partial charge in [0.25, 0.3) is 11.6 Å². The number of non-ortho nitro benzene ring substituents is 1. The molecule has 0 atom stereocenters. The molecule has 0 spiro atoms. The molecule has 10 heteroatoms. The Kier molecular flexibility index (Phi) is 6.13. The molecule has 3 aromatic rings. The molecule has 1 N–H and O–H groups in total. The number of hydrogen-bond donors (Lipinski definition) is 1. The average molecular weight is 463 g/mol. The largest absolute Gasteiger partial charge is 0.465 e. The standard InChI is InChI=1S/C24H21N3O7/c1-33-23(29)19-18-7-4-12-26(18)21(20(19)24(30)34-2)14-8-10-16(11-9-14)25-22(28)15-5-3-6-17(13-15)27(31)32/h3,5-6,8-11,13H,4,7,12H2,1-2H3,(H,25,28). The van der Waals surface area contributed by atoms with Crippen molar-refractivity contribution in [2.45, 2.75) is 19.4 Å². The zero-order chi connectivity index (χ0) is 24.4. The van der Waals surface area contributed by atoms with Crippen LogP contribution >= 0.6 is 0 Å². The van der Waals surface area contributed by atoms with Gasteiger partial charge in [-0.2, -0.15) is 0 Å². The first-order chi connectivity index (χ1) is 16.3. The molecule has 2 heterocycles. The Morgan fingerprint density at radius 1 is 1.00 bits per heavy atom. The van der Waals surface area contributed by atoms with Gasteiger partial charge in [-0.25, -0.2) is 9.59 Å². The third-order valence-corrected chi connectivity index (χ3v) is 5.68. The highest BCUT2D eigenvalue weighted by Crippen LogP contribution is 2.37. The van der Waals surface area contributed by atoms with Gasteiger partial charge in [0.15, 0.2) is 0 Å². The lowest BCUT2D eigenvalue weighted by Crippen LogP contribution is -2.12. The second-order valence-electron chi connectivity index (χ2n) is 7.62. The Morgan fingerprint density at radius 3 is 2.32 bits per heavy atom. The van der Waals surface area contributed by atoms with E-state index in [0.29, 0.717) is 29.9 Å². The SMILES string of the molecule is COC(=O)c1c(C(=O)OC)c(-c2ccc(NC(=O)c3cccc([N+](=O)[O-])c3)cc2)n2c1CCC2. The van der Waals surface area contributed by atoms with E-state index in [1.54, 1.807) is 24.3 Å². The number of benzene rings is 2. The lowest BCUT2D eigenvalue weighted by atomic mass is 10.0. The highest BCUT2D eigenvalue weighted by molar-refractivity contribution is 6.09. The third kappa shape index (κ3) is 4.01. The second-order valence-corrected chi connectivity index (χ2v) is 7.62. The Labute approximate surface area is 194 Å². The number of hydrogen-bond acceptors (Lipinski definition) is 7. The van der Waals surface area contributed by atoms with Crippen molar-refractivity contribution in [1.29, 1.82) is 0 Å². The summed E-state index contributed by atoms with van der Waals surface area (Å²) in [6.07, 6.45) is 1.46. The first-order valence-electron chi connectivity index (χ1n) is 10.4.